The van der Waals surface area contributed by atoms with Crippen LogP contribution in [0.2, 0.25) is 18.6 Å². The molecule has 2 nitrogen and oxygen atoms in total. The molecule has 0 aromatic rings. The summed E-state index contributed by atoms with van der Waals surface area (Å²) < 4.78 is 4.65. The zero-order valence-corrected chi connectivity index (χ0v) is 18.9. The Morgan fingerprint density at radius 1 is 1.00 bits per heavy atom. The first kappa shape index (κ1) is 24.7. The molecule has 0 amide bonds. The average molecular weight is 389 g/mol. The topological polar surface area (TPSA) is 26.3 Å². The summed E-state index contributed by atoms with van der Waals surface area (Å²) in [7, 11) is -0.144. The van der Waals surface area contributed by atoms with Crippen molar-refractivity contribution in [1.29, 1.82) is 0 Å². The number of hydrogen-bond donors (Lipinski definition) is 0. The Morgan fingerprint density at radius 3 is 2.20 bits per heavy atom. The summed E-state index contributed by atoms with van der Waals surface area (Å²) >= 11 is 6.71. The van der Waals surface area contributed by atoms with Crippen molar-refractivity contribution >= 4 is 24.4 Å². The van der Waals surface area contributed by atoms with E-state index in [1.807, 2.05) is 0 Å². The molecule has 4 heteroatoms. The van der Waals surface area contributed by atoms with E-state index in [-0.39, 0.29) is 5.97 Å². The second kappa shape index (κ2) is 15.9. The number of carbonyl (C=O) groups excluding carboxylic acids is 1. The largest absolute Gasteiger partial charge is 0.469 e. The second-order valence-corrected chi connectivity index (χ2v) is 14.5. The minimum atomic E-state index is -1.60. The van der Waals surface area contributed by atoms with Gasteiger partial charge >= 0.3 is 5.97 Å². The molecular weight excluding hydrogens is 348 g/mol. The molecule has 0 aliphatic carbocycles. The molecule has 0 saturated carbocycles. The molecule has 0 radical (unpaired) electrons. The quantitative estimate of drug-likeness (QED) is 0.0892. The fourth-order valence-electron chi connectivity index (χ4n) is 3.06. The SMILES string of the molecule is CCCCCCC(/C=C/CCCCCCCCC(=O)OC)[Si](C)(C)Cl. The van der Waals surface area contributed by atoms with Crippen molar-refractivity contribution in [3.63, 3.8) is 0 Å². The maximum Gasteiger partial charge on any atom is 0.305 e. The summed E-state index contributed by atoms with van der Waals surface area (Å²) in [6, 6.07) is 0. The third-order valence-corrected chi connectivity index (χ3v) is 7.93. The van der Waals surface area contributed by atoms with Gasteiger partial charge in [-0.3, -0.25) is 4.79 Å². The van der Waals surface area contributed by atoms with Gasteiger partial charge < -0.3 is 4.74 Å². The molecule has 0 aliphatic rings. The number of halogens is 1. The van der Waals surface area contributed by atoms with Crippen molar-refractivity contribution in [2.24, 2.45) is 0 Å². The van der Waals surface area contributed by atoms with Gasteiger partial charge in [-0.1, -0.05) is 83.5 Å². The zero-order chi connectivity index (χ0) is 19.0. The van der Waals surface area contributed by atoms with Crippen LogP contribution in [0.3, 0.4) is 0 Å². The standard InChI is InChI=1S/C21H41ClO2Si/c1-5-6-7-14-17-20(25(3,4)22)18-15-12-10-8-9-11-13-16-19-21(23)24-2/h15,18,20H,5-14,16-17,19H2,1-4H3/b18-15+. The molecule has 0 aromatic heterocycles. The maximum atomic E-state index is 11.0. The summed E-state index contributed by atoms with van der Waals surface area (Å²) in [5.74, 6) is -0.0832. The molecule has 0 aliphatic heterocycles. The van der Waals surface area contributed by atoms with Crippen molar-refractivity contribution in [3.8, 4) is 0 Å². The number of hydrogen-bond acceptors (Lipinski definition) is 2. The minimum absolute atomic E-state index is 0.0832. The van der Waals surface area contributed by atoms with Gasteiger partial charge in [0.2, 0.25) is 0 Å². The zero-order valence-electron chi connectivity index (χ0n) is 17.1. The summed E-state index contributed by atoms with van der Waals surface area (Å²) in [6.45, 7) is 6.81. The first-order valence-electron chi connectivity index (χ1n) is 10.3. The first-order valence-corrected chi connectivity index (χ1v) is 14.4. The predicted molar refractivity (Wildman–Crippen MR) is 114 cm³/mol. The number of carbonyl (C=O) groups is 1. The highest BCUT2D eigenvalue weighted by molar-refractivity contribution is 7.20. The van der Waals surface area contributed by atoms with E-state index in [1.165, 1.54) is 71.3 Å². The van der Waals surface area contributed by atoms with Gasteiger partial charge in [0.15, 0.2) is 7.38 Å². The summed E-state index contributed by atoms with van der Waals surface area (Å²) in [5, 5.41) is 0. The molecule has 0 bridgehead atoms. The molecule has 0 saturated heterocycles. The van der Waals surface area contributed by atoms with Crippen LogP contribution < -0.4 is 0 Å². The monoisotopic (exact) mass is 388 g/mol. The lowest BCUT2D eigenvalue weighted by Gasteiger charge is -2.23. The van der Waals surface area contributed by atoms with E-state index in [9.17, 15) is 4.79 Å². The van der Waals surface area contributed by atoms with E-state index < -0.39 is 7.38 Å². The fraction of sp³-hybridized carbons (Fsp3) is 0.857. The molecular formula is C21H41ClO2Si. The molecule has 148 valence electrons. The van der Waals surface area contributed by atoms with Crippen LogP contribution in [-0.2, 0) is 9.53 Å². The summed E-state index contributed by atoms with van der Waals surface area (Å²) in [4.78, 5) is 11.0. The first-order chi connectivity index (χ1) is 11.9. The van der Waals surface area contributed by atoms with Gasteiger partial charge in [-0.15, -0.1) is 0 Å². The molecule has 0 rings (SSSR count). The van der Waals surface area contributed by atoms with Gasteiger partial charge in [0.25, 0.3) is 0 Å². The van der Waals surface area contributed by atoms with Crippen LogP contribution in [0.4, 0.5) is 0 Å². The molecule has 1 unspecified atom stereocenters. The van der Waals surface area contributed by atoms with Gasteiger partial charge in [0.1, 0.15) is 0 Å². The lowest BCUT2D eigenvalue weighted by molar-refractivity contribution is -0.140. The van der Waals surface area contributed by atoms with E-state index >= 15 is 0 Å². The van der Waals surface area contributed by atoms with Crippen molar-refractivity contribution in [3.05, 3.63) is 12.2 Å². The van der Waals surface area contributed by atoms with E-state index in [0.29, 0.717) is 12.0 Å². The van der Waals surface area contributed by atoms with Crippen LogP contribution in [0.25, 0.3) is 0 Å². The Kier molecular flexibility index (Phi) is 15.8. The smallest absolute Gasteiger partial charge is 0.305 e. The maximum absolute atomic E-state index is 11.0. The van der Waals surface area contributed by atoms with Crippen LogP contribution in [0.15, 0.2) is 12.2 Å². The van der Waals surface area contributed by atoms with Gasteiger partial charge in [-0.2, -0.15) is 11.1 Å². The summed E-state index contributed by atoms with van der Waals surface area (Å²) in [6.07, 6.45) is 20.2. The van der Waals surface area contributed by atoms with Crippen LogP contribution in [-0.4, -0.2) is 20.5 Å². The van der Waals surface area contributed by atoms with Gasteiger partial charge in [0, 0.05) is 6.42 Å². The van der Waals surface area contributed by atoms with Crippen LogP contribution in [0.1, 0.15) is 90.4 Å². The highest BCUT2D eigenvalue weighted by atomic mass is 35.6. The molecule has 0 spiro atoms. The number of methoxy groups -OCH3 is 1. The Bertz CT molecular complexity index is 350. The molecule has 0 N–H and O–H groups in total. The van der Waals surface area contributed by atoms with E-state index in [1.54, 1.807) is 0 Å². The van der Waals surface area contributed by atoms with E-state index in [0.717, 1.165) is 12.8 Å². The van der Waals surface area contributed by atoms with Gasteiger partial charge in [-0.25, -0.2) is 0 Å². The average Bonchev–Trinajstić information content (AvgIpc) is 2.56. The Balaban J connectivity index is 3.75. The number of rotatable bonds is 16. The lowest BCUT2D eigenvalue weighted by Crippen LogP contribution is -2.23. The van der Waals surface area contributed by atoms with Crippen LogP contribution in [0, 0.1) is 0 Å². The van der Waals surface area contributed by atoms with Crippen LogP contribution >= 0.6 is 11.1 Å². The summed E-state index contributed by atoms with van der Waals surface area (Å²) in [5.41, 5.74) is 0.615. The van der Waals surface area contributed by atoms with E-state index in [4.69, 9.17) is 11.1 Å². The molecule has 0 fully saturated rings. The van der Waals surface area contributed by atoms with Crippen molar-refractivity contribution < 1.29 is 9.53 Å². The van der Waals surface area contributed by atoms with Crippen molar-refractivity contribution in [1.82, 2.24) is 0 Å². The third-order valence-electron chi connectivity index (χ3n) is 4.85. The number of allylic oxidation sites excluding steroid dienone is 2. The van der Waals surface area contributed by atoms with Crippen molar-refractivity contribution in [2.75, 3.05) is 7.11 Å². The molecule has 0 heterocycles. The van der Waals surface area contributed by atoms with Crippen molar-refractivity contribution in [2.45, 2.75) is 109 Å². The number of esters is 1. The normalized spacial score (nSPS) is 13.3. The van der Waals surface area contributed by atoms with Gasteiger partial charge in [-0.05, 0) is 31.2 Å². The molecule has 25 heavy (non-hydrogen) atoms. The Labute approximate surface area is 162 Å². The van der Waals surface area contributed by atoms with Crippen LogP contribution in [0.5, 0.6) is 0 Å². The number of ether oxygens (including phenoxy) is 1. The Hall–Kier alpha value is -0.283. The fourth-order valence-corrected chi connectivity index (χ4v) is 5.09. The van der Waals surface area contributed by atoms with Gasteiger partial charge in [0.05, 0.1) is 7.11 Å². The Morgan fingerprint density at radius 2 is 1.60 bits per heavy atom. The second-order valence-electron chi connectivity index (χ2n) is 7.68. The molecule has 1 atom stereocenters. The highest BCUT2D eigenvalue weighted by Gasteiger charge is 2.26. The predicted octanol–water partition coefficient (Wildman–Crippen LogP) is 7.62. The molecule has 0 aromatic carbocycles. The minimum Gasteiger partial charge on any atom is -0.469 e. The highest BCUT2D eigenvalue weighted by Crippen LogP contribution is 2.32. The van der Waals surface area contributed by atoms with E-state index in [2.05, 4.69) is 36.9 Å². The third kappa shape index (κ3) is 15.7. The number of unbranched alkanes of at least 4 members (excludes halogenated alkanes) is 9. The lowest BCUT2D eigenvalue weighted by atomic mass is 10.1.